The predicted octanol–water partition coefficient (Wildman–Crippen LogP) is 3.69. The molecular formula is C24H25ClF2N8O2. The molecule has 1 aromatic heterocycles. The van der Waals surface area contributed by atoms with Crippen molar-refractivity contribution in [2.24, 2.45) is 21.5 Å². The number of ether oxygens (including phenoxy) is 1. The summed E-state index contributed by atoms with van der Waals surface area (Å²) in [6.45, 7) is -2.70. The second-order valence-corrected chi connectivity index (χ2v) is 8.08. The first-order valence-electron chi connectivity index (χ1n) is 10.8. The largest absolute Gasteiger partial charge is 0.383 e. The topological polar surface area (TPSA) is 148 Å². The monoisotopic (exact) mass is 530 g/mol. The second-order valence-electron chi connectivity index (χ2n) is 7.67. The number of amides is 1. The van der Waals surface area contributed by atoms with Gasteiger partial charge in [-0.3, -0.25) is 20.1 Å². The van der Waals surface area contributed by atoms with E-state index in [1.54, 1.807) is 42.5 Å². The summed E-state index contributed by atoms with van der Waals surface area (Å²) in [4.78, 5) is 22.7. The molecule has 1 atom stereocenters. The minimum absolute atomic E-state index is 0.0266. The van der Waals surface area contributed by atoms with Gasteiger partial charge in [-0.15, -0.1) is 0 Å². The summed E-state index contributed by atoms with van der Waals surface area (Å²) < 4.78 is 31.7. The number of amidine groups is 1. The molecule has 1 heterocycles. The van der Waals surface area contributed by atoms with Gasteiger partial charge in [-0.1, -0.05) is 29.8 Å². The first kappa shape index (κ1) is 27.4. The molecule has 2 aromatic carbocycles. The minimum atomic E-state index is -2.75. The van der Waals surface area contributed by atoms with E-state index in [4.69, 9.17) is 33.2 Å². The second kappa shape index (κ2) is 12.2. The molecule has 194 valence electrons. The van der Waals surface area contributed by atoms with Crippen molar-refractivity contribution in [3.8, 4) is 11.1 Å². The zero-order valence-electron chi connectivity index (χ0n) is 20.0. The quantitative estimate of drug-likeness (QED) is 0.285. The maximum atomic E-state index is 13.7. The Morgan fingerprint density at radius 2 is 1.95 bits per heavy atom. The van der Waals surface area contributed by atoms with E-state index in [-0.39, 0.29) is 24.0 Å². The van der Waals surface area contributed by atoms with Crippen LogP contribution in [0, 0.1) is 5.41 Å². The Balaban J connectivity index is 2.01. The third kappa shape index (κ3) is 6.16. The average molecular weight is 531 g/mol. The lowest BCUT2D eigenvalue weighted by atomic mass is 10.0. The van der Waals surface area contributed by atoms with Crippen LogP contribution in [0.25, 0.3) is 11.1 Å². The Morgan fingerprint density at radius 3 is 2.51 bits per heavy atom. The van der Waals surface area contributed by atoms with E-state index in [0.29, 0.717) is 32.0 Å². The van der Waals surface area contributed by atoms with Crippen LogP contribution in [0.15, 0.2) is 64.8 Å². The van der Waals surface area contributed by atoms with Crippen LogP contribution in [0.4, 0.5) is 8.78 Å². The van der Waals surface area contributed by atoms with Gasteiger partial charge in [0, 0.05) is 37.0 Å². The smallest absolute Gasteiger partial charge is 0.333 e. The van der Waals surface area contributed by atoms with Crippen molar-refractivity contribution in [3.05, 3.63) is 76.6 Å². The molecule has 3 aromatic rings. The highest BCUT2D eigenvalue weighted by molar-refractivity contribution is 6.34. The number of carbonyl (C=O) groups is 1. The van der Waals surface area contributed by atoms with E-state index in [2.05, 4.69) is 15.1 Å². The molecule has 0 spiro atoms. The lowest BCUT2D eigenvalue weighted by Gasteiger charge is -2.31. The highest BCUT2D eigenvalue weighted by Crippen LogP contribution is 2.28. The molecule has 1 unspecified atom stereocenters. The summed E-state index contributed by atoms with van der Waals surface area (Å²) in [5.41, 5.74) is 14.4. The maximum Gasteiger partial charge on any atom is 0.333 e. The third-order valence-corrected chi connectivity index (χ3v) is 5.78. The fourth-order valence-electron chi connectivity index (χ4n) is 3.61. The van der Waals surface area contributed by atoms with Crippen LogP contribution < -0.4 is 11.5 Å². The number of aliphatic imine (C=N–C) groups is 2. The molecule has 13 heteroatoms. The fraction of sp³-hybridized carbons (Fsp3) is 0.208. The van der Waals surface area contributed by atoms with Gasteiger partial charge in [0.1, 0.15) is 12.2 Å². The van der Waals surface area contributed by atoms with Crippen LogP contribution in [0.5, 0.6) is 0 Å². The van der Waals surface area contributed by atoms with Gasteiger partial charge in [-0.25, -0.2) is 9.67 Å². The number of nitrogens with two attached hydrogens (primary N) is 2. The van der Waals surface area contributed by atoms with E-state index >= 15 is 0 Å². The number of nitrogens with zero attached hydrogens (tertiary/aromatic N) is 5. The Hall–Kier alpha value is -4.16. The van der Waals surface area contributed by atoms with Crippen molar-refractivity contribution in [1.29, 1.82) is 5.41 Å². The highest BCUT2D eigenvalue weighted by Gasteiger charge is 2.30. The fourth-order valence-corrected chi connectivity index (χ4v) is 3.83. The van der Waals surface area contributed by atoms with E-state index in [1.807, 2.05) is 0 Å². The number of guanidine groups is 1. The van der Waals surface area contributed by atoms with Gasteiger partial charge in [0.2, 0.25) is 0 Å². The van der Waals surface area contributed by atoms with Gasteiger partial charge >= 0.3 is 6.55 Å². The summed E-state index contributed by atoms with van der Waals surface area (Å²) >= 11 is 6.28. The summed E-state index contributed by atoms with van der Waals surface area (Å²) in [7, 11) is 2.93. The van der Waals surface area contributed by atoms with E-state index in [9.17, 15) is 13.6 Å². The van der Waals surface area contributed by atoms with Crippen LogP contribution in [0.3, 0.4) is 0 Å². The number of methoxy groups -OCH3 is 1. The molecule has 10 nitrogen and oxygen atoms in total. The number of rotatable bonds is 9. The molecule has 1 amide bonds. The number of nitrogens with one attached hydrogen (secondary N) is 1. The van der Waals surface area contributed by atoms with Crippen LogP contribution in [0.2, 0.25) is 5.02 Å². The standard InChI is InChI=1S/C24H25ClF2N8O2/c1-31-24(30)35(20(12-37-2)16-7-8-19(25)18(9-16)21(29)32-13-28)22(36)15-5-3-14(4-6-15)17-10-33-34(11-17)23(26)27/h3-11,13,20,23H,12H2,1-2H3,(H2,30,31)(H3,28,29,32). The average Bonchev–Trinajstić information content (AvgIpc) is 3.39. The molecule has 0 aliphatic carbocycles. The summed E-state index contributed by atoms with van der Waals surface area (Å²) in [6.07, 6.45) is 3.33. The molecule has 3 rings (SSSR count). The molecule has 0 saturated heterocycles. The maximum absolute atomic E-state index is 13.7. The van der Waals surface area contributed by atoms with E-state index < -0.39 is 18.5 Å². The van der Waals surface area contributed by atoms with Crippen LogP contribution >= 0.6 is 11.6 Å². The molecule has 0 radical (unpaired) electrons. The van der Waals surface area contributed by atoms with Crippen molar-refractivity contribution in [1.82, 2.24) is 14.7 Å². The van der Waals surface area contributed by atoms with Gasteiger partial charge in [-0.05, 0) is 35.4 Å². The van der Waals surface area contributed by atoms with Crippen molar-refractivity contribution < 1.29 is 18.3 Å². The molecule has 37 heavy (non-hydrogen) atoms. The third-order valence-electron chi connectivity index (χ3n) is 5.45. The SMILES string of the molecule is CN=C(N)N(C(=O)c1ccc(-c2cnn(C(F)F)c2)cc1)C(COC)c1ccc(Cl)c(C(N)=NC=N)c1. The van der Waals surface area contributed by atoms with Gasteiger partial charge in [0.05, 0.1) is 23.9 Å². The predicted molar refractivity (Wildman–Crippen MR) is 138 cm³/mol. The molecule has 0 bridgehead atoms. The van der Waals surface area contributed by atoms with Crippen LogP contribution in [0.1, 0.15) is 34.1 Å². The van der Waals surface area contributed by atoms with Gasteiger partial charge in [0.15, 0.2) is 5.96 Å². The van der Waals surface area contributed by atoms with Crippen molar-refractivity contribution in [2.45, 2.75) is 12.6 Å². The van der Waals surface area contributed by atoms with Crippen molar-refractivity contribution in [2.75, 3.05) is 20.8 Å². The lowest BCUT2D eigenvalue weighted by Crippen LogP contribution is -2.46. The number of benzene rings is 2. The van der Waals surface area contributed by atoms with E-state index in [0.717, 1.165) is 6.34 Å². The normalized spacial score (nSPS) is 13.0. The van der Waals surface area contributed by atoms with Gasteiger partial charge in [-0.2, -0.15) is 13.9 Å². The molecule has 0 saturated carbocycles. The highest BCUT2D eigenvalue weighted by atomic mass is 35.5. The summed E-state index contributed by atoms with van der Waals surface area (Å²) in [5, 5.41) is 11.1. The molecule has 0 aliphatic heterocycles. The zero-order chi connectivity index (χ0) is 27.1. The number of hydrogen-bond donors (Lipinski definition) is 3. The summed E-state index contributed by atoms with van der Waals surface area (Å²) in [6, 6.07) is 10.6. The Bertz CT molecular complexity index is 1320. The van der Waals surface area contributed by atoms with Crippen LogP contribution in [-0.4, -0.2) is 59.5 Å². The Labute approximate surface area is 216 Å². The molecule has 0 aliphatic rings. The van der Waals surface area contributed by atoms with Gasteiger partial charge in [0.25, 0.3) is 5.91 Å². The van der Waals surface area contributed by atoms with Gasteiger partial charge < -0.3 is 16.2 Å². The molecule has 5 N–H and O–H groups in total. The summed E-state index contributed by atoms with van der Waals surface area (Å²) in [5.74, 6) is -0.511. The number of hydrogen-bond acceptors (Lipinski definition) is 5. The van der Waals surface area contributed by atoms with Crippen LogP contribution in [-0.2, 0) is 4.74 Å². The van der Waals surface area contributed by atoms with Crippen molar-refractivity contribution in [3.63, 3.8) is 0 Å². The Morgan fingerprint density at radius 1 is 1.24 bits per heavy atom. The molecule has 0 fully saturated rings. The number of carbonyl (C=O) groups excluding carboxylic acids is 1. The zero-order valence-corrected chi connectivity index (χ0v) is 20.7. The first-order chi connectivity index (χ1) is 17.7. The van der Waals surface area contributed by atoms with E-state index in [1.165, 1.54) is 31.5 Å². The first-order valence-corrected chi connectivity index (χ1v) is 11.2. The lowest BCUT2D eigenvalue weighted by molar-refractivity contribution is 0.0566. The number of alkyl halides is 2. The molecular weight excluding hydrogens is 506 g/mol. The Kier molecular flexibility index (Phi) is 9.04. The van der Waals surface area contributed by atoms with Crippen molar-refractivity contribution >= 4 is 35.6 Å². The number of aromatic nitrogens is 2. The number of halogens is 3. The minimum Gasteiger partial charge on any atom is -0.383 e.